The summed E-state index contributed by atoms with van der Waals surface area (Å²) in [6, 6.07) is 28.5. The zero-order chi connectivity index (χ0) is 43.3. The van der Waals surface area contributed by atoms with Crippen molar-refractivity contribution in [3.8, 4) is 34.0 Å². The van der Waals surface area contributed by atoms with Crippen LogP contribution in [-0.2, 0) is 0 Å². The number of methoxy groups -OCH3 is 2. The Labute approximate surface area is 379 Å². The third-order valence-electron chi connectivity index (χ3n) is 11.6. The number of nitrogens with one attached hydrogen (secondary N) is 2. The molecular weight excluding hydrogens is 809 g/mol. The molecule has 332 valence electrons. The standard InChI is InChI=1S/2C24H30N6O.H2S/c2*1-18(20-6-4-5-7-22(20)31-3)15-25-23-14-21(27-17-28-23)19-8-9-24(26-16-19)30-12-10-29(2)11-13-30;/h2*4-9,14,16-18H,10-13,15H2,1-3H3,(H,25,27,28);1H2/t18-;;/m1../s1. The average molecular weight is 871 g/mol. The lowest BCUT2D eigenvalue weighted by atomic mass is 10.00. The van der Waals surface area contributed by atoms with Crippen molar-refractivity contribution in [2.75, 3.05) is 114 Å². The molecule has 6 aromatic rings. The number of piperazine rings is 2. The minimum Gasteiger partial charge on any atom is -0.496 e. The van der Waals surface area contributed by atoms with Crippen molar-refractivity contribution in [2.24, 2.45) is 0 Å². The van der Waals surface area contributed by atoms with E-state index in [1.54, 1.807) is 26.9 Å². The quantitative estimate of drug-likeness (QED) is 0.115. The molecule has 0 amide bonds. The van der Waals surface area contributed by atoms with Crippen molar-refractivity contribution in [1.82, 2.24) is 39.7 Å². The van der Waals surface area contributed by atoms with Crippen LogP contribution in [0.1, 0.15) is 36.8 Å². The Morgan fingerprint density at radius 3 is 1.29 bits per heavy atom. The summed E-state index contributed by atoms with van der Waals surface area (Å²) in [6.45, 7) is 14.1. The van der Waals surface area contributed by atoms with E-state index in [0.717, 1.165) is 123 Å². The SMILES string of the molecule is COc1ccccc1C(C)CNc1cc(-c2ccc(N3CCN(C)CC3)nc2)ncn1.COc1ccccc1[C@H](C)CNc1cc(-c2ccc(N3CCN(C)CC3)nc2)ncn1.S. The Hall–Kier alpha value is -6.03. The van der Waals surface area contributed by atoms with Gasteiger partial charge in [-0.3, -0.25) is 0 Å². The van der Waals surface area contributed by atoms with Crippen molar-refractivity contribution in [1.29, 1.82) is 0 Å². The summed E-state index contributed by atoms with van der Waals surface area (Å²) in [6.07, 6.45) is 6.99. The van der Waals surface area contributed by atoms with Crippen molar-refractivity contribution >= 4 is 36.8 Å². The lowest BCUT2D eigenvalue weighted by molar-refractivity contribution is 0.312. The van der Waals surface area contributed by atoms with Gasteiger partial charge in [0.05, 0.1) is 25.6 Å². The van der Waals surface area contributed by atoms with Gasteiger partial charge in [0.2, 0.25) is 0 Å². The number of likely N-dealkylation sites (N-methyl/N-ethyl adjacent to an activating group) is 2. The van der Waals surface area contributed by atoms with Gasteiger partial charge in [0.1, 0.15) is 47.4 Å². The third-order valence-corrected chi connectivity index (χ3v) is 11.6. The molecule has 0 bridgehead atoms. The van der Waals surface area contributed by atoms with Crippen molar-refractivity contribution < 1.29 is 9.47 Å². The highest BCUT2D eigenvalue weighted by Gasteiger charge is 2.18. The molecule has 2 atom stereocenters. The highest BCUT2D eigenvalue weighted by molar-refractivity contribution is 7.59. The fraction of sp³-hybridized carbons (Fsp3) is 0.375. The summed E-state index contributed by atoms with van der Waals surface area (Å²) < 4.78 is 11.0. The van der Waals surface area contributed by atoms with Gasteiger partial charge in [-0.25, -0.2) is 29.9 Å². The molecule has 2 N–H and O–H groups in total. The second kappa shape index (κ2) is 22.9. The van der Waals surface area contributed by atoms with Crippen molar-refractivity contribution in [2.45, 2.75) is 25.7 Å². The summed E-state index contributed by atoms with van der Waals surface area (Å²) in [7, 11) is 7.73. The van der Waals surface area contributed by atoms with Crippen LogP contribution in [0.15, 0.2) is 110 Å². The molecule has 4 aromatic heterocycles. The fourth-order valence-corrected chi connectivity index (χ4v) is 7.63. The average Bonchev–Trinajstić information content (AvgIpc) is 3.33. The summed E-state index contributed by atoms with van der Waals surface area (Å²) in [4.78, 5) is 36.4. The second-order valence-electron chi connectivity index (χ2n) is 16.0. The van der Waals surface area contributed by atoms with Crippen molar-refractivity contribution in [3.63, 3.8) is 0 Å². The topological polar surface area (TPSA) is 133 Å². The van der Waals surface area contributed by atoms with Crippen LogP contribution in [0.2, 0.25) is 0 Å². The first-order valence-corrected chi connectivity index (χ1v) is 21.5. The largest absolute Gasteiger partial charge is 0.496 e. The van der Waals surface area contributed by atoms with Crippen LogP contribution < -0.4 is 29.9 Å². The monoisotopic (exact) mass is 870 g/mol. The van der Waals surface area contributed by atoms with E-state index in [0.29, 0.717) is 0 Å². The van der Waals surface area contributed by atoms with Crippen LogP contribution in [0.4, 0.5) is 23.3 Å². The van der Waals surface area contributed by atoms with E-state index in [2.05, 4.69) is 124 Å². The first kappa shape index (κ1) is 46.5. The second-order valence-corrected chi connectivity index (χ2v) is 16.0. The minimum absolute atomic E-state index is 0. The van der Waals surface area contributed by atoms with Crippen LogP contribution in [0.25, 0.3) is 22.5 Å². The number of nitrogens with zero attached hydrogens (tertiary/aromatic N) is 10. The molecule has 2 saturated heterocycles. The molecule has 2 fully saturated rings. The van der Waals surface area contributed by atoms with Crippen molar-refractivity contribution in [3.05, 3.63) is 121 Å². The van der Waals surface area contributed by atoms with E-state index in [1.807, 2.05) is 60.9 Å². The molecule has 0 radical (unpaired) electrons. The van der Waals surface area contributed by atoms with E-state index < -0.39 is 0 Å². The van der Waals surface area contributed by atoms with E-state index >= 15 is 0 Å². The summed E-state index contributed by atoms with van der Waals surface area (Å²) in [5, 5.41) is 6.86. The maximum atomic E-state index is 5.49. The smallest absolute Gasteiger partial charge is 0.129 e. The number of aromatic nitrogens is 6. The van der Waals surface area contributed by atoms with Gasteiger partial charge in [-0.1, -0.05) is 50.2 Å². The lowest BCUT2D eigenvalue weighted by Crippen LogP contribution is -2.44. The Morgan fingerprint density at radius 2 is 0.921 bits per heavy atom. The van der Waals surface area contributed by atoms with Gasteiger partial charge in [0.15, 0.2) is 0 Å². The predicted molar refractivity (Wildman–Crippen MR) is 260 cm³/mol. The van der Waals surface area contributed by atoms with Crippen LogP contribution in [0.5, 0.6) is 11.5 Å². The van der Waals surface area contributed by atoms with Crippen LogP contribution in [0.3, 0.4) is 0 Å². The summed E-state index contributed by atoms with van der Waals surface area (Å²) in [5.74, 6) is 6.02. The molecule has 14 nitrogen and oxygen atoms in total. The Bertz CT molecular complexity index is 2140. The van der Waals surface area contributed by atoms with Gasteiger partial charge in [0, 0.05) is 113 Å². The number of benzene rings is 2. The highest BCUT2D eigenvalue weighted by atomic mass is 32.1. The molecule has 0 spiro atoms. The number of rotatable bonds is 14. The number of para-hydroxylation sites is 2. The number of hydrogen-bond acceptors (Lipinski definition) is 14. The molecule has 1 unspecified atom stereocenters. The molecule has 0 aliphatic carbocycles. The zero-order valence-corrected chi connectivity index (χ0v) is 38.4. The molecule has 2 aromatic carbocycles. The normalized spacial score (nSPS) is 15.3. The fourth-order valence-electron chi connectivity index (χ4n) is 7.63. The van der Waals surface area contributed by atoms with Crippen LogP contribution >= 0.6 is 13.5 Å². The van der Waals surface area contributed by atoms with E-state index in [4.69, 9.17) is 9.47 Å². The van der Waals surface area contributed by atoms with E-state index in [-0.39, 0.29) is 25.3 Å². The van der Waals surface area contributed by atoms with E-state index in [1.165, 1.54) is 11.1 Å². The maximum Gasteiger partial charge on any atom is 0.129 e. The van der Waals surface area contributed by atoms with Gasteiger partial charge in [-0.05, 0) is 61.6 Å². The maximum absolute atomic E-state index is 5.49. The third kappa shape index (κ3) is 12.6. The Kier molecular flexibility index (Phi) is 16.9. The minimum atomic E-state index is 0. The van der Waals surface area contributed by atoms with Gasteiger partial charge < -0.3 is 39.7 Å². The summed E-state index contributed by atoms with van der Waals surface area (Å²) >= 11 is 0. The molecule has 0 saturated carbocycles. The predicted octanol–water partition coefficient (Wildman–Crippen LogP) is 7.14. The van der Waals surface area contributed by atoms with E-state index in [9.17, 15) is 0 Å². The number of hydrogen-bond donors (Lipinski definition) is 2. The molecule has 2 aliphatic heterocycles. The first-order chi connectivity index (χ1) is 30.3. The molecule has 63 heavy (non-hydrogen) atoms. The Balaban J connectivity index is 0.000000206. The van der Waals surface area contributed by atoms with Crippen LogP contribution in [-0.4, -0.2) is 133 Å². The molecule has 2 aliphatic rings. The van der Waals surface area contributed by atoms with Gasteiger partial charge in [-0.15, -0.1) is 0 Å². The molecule has 6 heterocycles. The zero-order valence-electron chi connectivity index (χ0n) is 37.4. The van der Waals surface area contributed by atoms with Crippen LogP contribution in [0, 0.1) is 0 Å². The van der Waals surface area contributed by atoms with Gasteiger partial charge >= 0.3 is 0 Å². The Morgan fingerprint density at radius 1 is 0.524 bits per heavy atom. The van der Waals surface area contributed by atoms with Gasteiger partial charge in [0.25, 0.3) is 0 Å². The first-order valence-electron chi connectivity index (χ1n) is 21.5. The summed E-state index contributed by atoms with van der Waals surface area (Å²) in [5.41, 5.74) is 6.05. The molecule has 15 heteroatoms. The highest BCUT2D eigenvalue weighted by Crippen LogP contribution is 2.29. The number of ether oxygens (including phenoxy) is 2. The lowest BCUT2D eigenvalue weighted by Gasteiger charge is -2.33. The molecule has 8 rings (SSSR count). The molecular formula is C48H62N12O2S. The number of pyridine rings is 2. The number of anilines is 4. The van der Waals surface area contributed by atoms with Gasteiger partial charge in [-0.2, -0.15) is 13.5 Å².